The quantitative estimate of drug-likeness (QED) is 0.293. The molecule has 2 aliphatic rings. The zero-order chi connectivity index (χ0) is 29.1. The number of carbonyl (C=O) groups excluding carboxylic acids is 1. The van der Waals surface area contributed by atoms with Crippen LogP contribution in [0.15, 0.2) is 47.5 Å². The molecule has 2 heterocycles. The van der Waals surface area contributed by atoms with E-state index in [0.29, 0.717) is 22.8 Å². The second kappa shape index (κ2) is 12.1. The molecule has 5 rings (SSSR count). The van der Waals surface area contributed by atoms with E-state index in [1.165, 1.54) is 12.1 Å². The summed E-state index contributed by atoms with van der Waals surface area (Å²) in [5.74, 6) is -0.386. The van der Waals surface area contributed by atoms with E-state index < -0.39 is 21.7 Å². The molecule has 1 aromatic heterocycles. The molecular weight excluding hydrogens is 545 g/mol. The highest BCUT2D eigenvalue weighted by Gasteiger charge is 2.26. The zero-order valence-electron chi connectivity index (χ0n) is 23.5. The van der Waals surface area contributed by atoms with Gasteiger partial charge in [0.15, 0.2) is 0 Å². The summed E-state index contributed by atoms with van der Waals surface area (Å²) in [6, 6.07) is 9.45. The average molecular weight is 582 g/mol. The fourth-order valence-corrected chi connectivity index (χ4v) is 6.44. The number of hydrogen-bond acceptors (Lipinski definition) is 8. The maximum Gasteiger partial charge on any atom is 0.254 e. The molecule has 0 bridgehead atoms. The fraction of sp³-hybridized carbons (Fsp3) is 0.414. The molecule has 218 valence electrons. The highest BCUT2D eigenvalue weighted by atomic mass is 32.2. The molecule has 0 radical (unpaired) electrons. The molecule has 0 unspecified atom stereocenters. The molecule has 1 aliphatic carbocycles. The van der Waals surface area contributed by atoms with Crippen molar-refractivity contribution in [3.05, 3.63) is 65.1 Å². The fourth-order valence-electron chi connectivity index (χ4n) is 4.86. The van der Waals surface area contributed by atoms with Crippen molar-refractivity contribution in [2.75, 3.05) is 30.8 Å². The van der Waals surface area contributed by atoms with Crippen LogP contribution >= 0.6 is 0 Å². The van der Waals surface area contributed by atoms with Crippen LogP contribution in [0.4, 0.5) is 27.5 Å². The summed E-state index contributed by atoms with van der Waals surface area (Å²) in [5.41, 5.74) is 2.32. The van der Waals surface area contributed by atoms with Crippen LogP contribution in [0, 0.1) is 19.7 Å². The number of likely N-dealkylation sites (tertiary alicyclic amines) is 1. The molecule has 1 saturated heterocycles. The number of halogens is 1. The Kier molecular flexibility index (Phi) is 8.52. The number of nitrogens with one attached hydrogen (secondary N) is 4. The maximum atomic E-state index is 14.9. The summed E-state index contributed by atoms with van der Waals surface area (Å²) in [5, 5.41) is 9.10. The summed E-state index contributed by atoms with van der Waals surface area (Å²) in [6.07, 6.45) is 6.02. The van der Waals surface area contributed by atoms with Gasteiger partial charge in [-0.1, -0.05) is 12.5 Å². The number of piperidine rings is 1. The monoisotopic (exact) mass is 581 g/mol. The lowest BCUT2D eigenvalue weighted by molar-refractivity contribution is 0.0913. The minimum Gasteiger partial charge on any atom is -0.349 e. The van der Waals surface area contributed by atoms with Gasteiger partial charge in [0.05, 0.1) is 10.5 Å². The number of anilines is 4. The molecular formula is C29H36FN7O3S. The minimum atomic E-state index is -3.65. The van der Waals surface area contributed by atoms with Crippen molar-refractivity contribution in [2.24, 2.45) is 0 Å². The molecule has 4 N–H and O–H groups in total. The van der Waals surface area contributed by atoms with E-state index in [2.05, 4.69) is 35.5 Å². The second-order valence-corrected chi connectivity index (χ2v) is 12.6. The van der Waals surface area contributed by atoms with Gasteiger partial charge in [-0.15, -0.1) is 0 Å². The normalized spacial score (nSPS) is 16.7. The maximum absolute atomic E-state index is 14.9. The van der Waals surface area contributed by atoms with E-state index in [1.54, 1.807) is 37.4 Å². The van der Waals surface area contributed by atoms with Gasteiger partial charge < -0.3 is 20.9 Å². The zero-order valence-corrected chi connectivity index (χ0v) is 24.3. The molecule has 0 spiro atoms. The van der Waals surface area contributed by atoms with E-state index in [-0.39, 0.29) is 28.5 Å². The highest BCUT2D eigenvalue weighted by Crippen LogP contribution is 2.27. The molecule has 41 heavy (non-hydrogen) atoms. The average Bonchev–Trinajstić information content (AvgIpc) is 2.90. The van der Waals surface area contributed by atoms with Crippen molar-refractivity contribution in [3.8, 4) is 0 Å². The van der Waals surface area contributed by atoms with Crippen LogP contribution in [0.1, 0.15) is 53.6 Å². The summed E-state index contributed by atoms with van der Waals surface area (Å²) >= 11 is 0. The predicted octanol–water partition coefficient (Wildman–Crippen LogP) is 4.37. The Hall–Kier alpha value is -3.61. The Bertz CT molecular complexity index is 1540. The van der Waals surface area contributed by atoms with Gasteiger partial charge in [0.2, 0.25) is 16.0 Å². The number of sulfonamides is 1. The molecule has 10 nitrogen and oxygen atoms in total. The number of benzene rings is 2. The summed E-state index contributed by atoms with van der Waals surface area (Å²) in [4.78, 5) is 23.9. The predicted molar refractivity (Wildman–Crippen MR) is 157 cm³/mol. The Labute approximate surface area is 240 Å². The van der Waals surface area contributed by atoms with Crippen LogP contribution in [-0.2, 0) is 10.0 Å². The largest absolute Gasteiger partial charge is 0.349 e. The van der Waals surface area contributed by atoms with Crippen LogP contribution in [0.3, 0.4) is 0 Å². The van der Waals surface area contributed by atoms with Crippen molar-refractivity contribution in [1.82, 2.24) is 24.9 Å². The van der Waals surface area contributed by atoms with Gasteiger partial charge in [-0.25, -0.2) is 22.5 Å². The van der Waals surface area contributed by atoms with Crippen molar-refractivity contribution in [2.45, 2.75) is 62.9 Å². The van der Waals surface area contributed by atoms with Gasteiger partial charge in [0.1, 0.15) is 11.6 Å². The Balaban J connectivity index is 1.27. The molecule has 2 fully saturated rings. The van der Waals surface area contributed by atoms with E-state index >= 15 is 0 Å². The Morgan fingerprint density at radius 3 is 2.34 bits per heavy atom. The standard InChI is InChI=1S/C29H36FN7O3S/c1-18-7-8-23(16-26(18)41(39,40)36-21-5-4-6-21)32-27-19(2)17-31-29(35-27)34-22-9-10-24(25(30)15-22)28(38)33-20-11-13-37(3)14-12-20/h7-10,15-17,20-21,36H,4-6,11-14H2,1-3H3,(H,33,38)(H2,31,32,34,35). The van der Waals surface area contributed by atoms with Gasteiger partial charge >= 0.3 is 0 Å². The van der Waals surface area contributed by atoms with Crippen molar-refractivity contribution in [1.29, 1.82) is 0 Å². The number of hydrogen-bond donors (Lipinski definition) is 4. The van der Waals surface area contributed by atoms with E-state index in [0.717, 1.165) is 50.8 Å². The van der Waals surface area contributed by atoms with Gasteiger partial charge in [0, 0.05) is 35.2 Å². The summed E-state index contributed by atoms with van der Waals surface area (Å²) in [7, 11) is -1.61. The van der Waals surface area contributed by atoms with Crippen LogP contribution in [0.2, 0.25) is 0 Å². The first-order chi connectivity index (χ1) is 19.6. The van der Waals surface area contributed by atoms with Gasteiger partial charge in [-0.05, 0) is 95.6 Å². The smallest absolute Gasteiger partial charge is 0.254 e. The topological polar surface area (TPSA) is 128 Å². The second-order valence-electron chi connectivity index (χ2n) is 11.0. The van der Waals surface area contributed by atoms with Crippen LogP contribution in [0.5, 0.6) is 0 Å². The Morgan fingerprint density at radius 2 is 1.66 bits per heavy atom. The number of aromatic nitrogens is 2. The van der Waals surface area contributed by atoms with Crippen LogP contribution in [-0.4, -0.2) is 61.4 Å². The SMILES string of the molecule is Cc1ccc(Nc2nc(Nc3ccc(C(=O)NC4CCN(C)CC4)c(F)c3)ncc2C)cc1S(=O)(=O)NC1CCC1. The van der Waals surface area contributed by atoms with Gasteiger partial charge in [-0.2, -0.15) is 4.98 Å². The van der Waals surface area contributed by atoms with Gasteiger partial charge in [0.25, 0.3) is 5.91 Å². The lowest BCUT2D eigenvalue weighted by Gasteiger charge is -2.29. The first-order valence-electron chi connectivity index (χ1n) is 13.9. The Morgan fingerprint density at radius 1 is 0.951 bits per heavy atom. The number of amides is 1. The lowest BCUT2D eigenvalue weighted by atomic mass is 9.94. The molecule has 12 heteroatoms. The number of aryl methyl sites for hydroxylation is 2. The minimum absolute atomic E-state index is 0.0128. The van der Waals surface area contributed by atoms with Crippen molar-refractivity contribution >= 4 is 39.1 Å². The molecule has 0 atom stereocenters. The molecule has 1 saturated carbocycles. The third-order valence-electron chi connectivity index (χ3n) is 7.66. The third kappa shape index (κ3) is 7.00. The number of nitrogens with zero attached hydrogens (tertiary/aromatic N) is 3. The summed E-state index contributed by atoms with van der Waals surface area (Å²) in [6.45, 7) is 5.38. The summed E-state index contributed by atoms with van der Waals surface area (Å²) < 4.78 is 43.6. The van der Waals surface area contributed by atoms with E-state index in [1.807, 2.05) is 14.0 Å². The van der Waals surface area contributed by atoms with Crippen molar-refractivity contribution < 1.29 is 17.6 Å². The molecule has 1 aliphatic heterocycles. The van der Waals surface area contributed by atoms with Crippen LogP contribution in [0.25, 0.3) is 0 Å². The van der Waals surface area contributed by atoms with Gasteiger partial charge in [-0.3, -0.25) is 4.79 Å². The molecule has 3 aromatic rings. The number of carbonyl (C=O) groups is 1. The number of rotatable bonds is 9. The first-order valence-corrected chi connectivity index (χ1v) is 15.4. The molecule has 1 amide bonds. The van der Waals surface area contributed by atoms with E-state index in [4.69, 9.17) is 0 Å². The lowest BCUT2D eigenvalue weighted by Crippen LogP contribution is -2.43. The third-order valence-corrected chi connectivity index (χ3v) is 9.33. The van der Waals surface area contributed by atoms with Crippen LogP contribution < -0.4 is 20.7 Å². The van der Waals surface area contributed by atoms with E-state index in [9.17, 15) is 17.6 Å². The highest BCUT2D eigenvalue weighted by molar-refractivity contribution is 7.89. The molecule has 2 aromatic carbocycles. The first kappa shape index (κ1) is 28.9. The van der Waals surface area contributed by atoms with Crippen molar-refractivity contribution in [3.63, 3.8) is 0 Å².